The van der Waals surface area contributed by atoms with Crippen LogP contribution in [0.25, 0.3) is 0 Å². The van der Waals surface area contributed by atoms with Gasteiger partial charge in [-0.05, 0) is 44.7 Å². The smallest absolute Gasteiger partial charge is 0.228 e. The van der Waals surface area contributed by atoms with Crippen molar-refractivity contribution in [3.63, 3.8) is 0 Å². The van der Waals surface area contributed by atoms with E-state index in [2.05, 4.69) is 9.88 Å². The van der Waals surface area contributed by atoms with Crippen molar-refractivity contribution in [2.24, 2.45) is 5.92 Å². The summed E-state index contributed by atoms with van der Waals surface area (Å²) < 4.78 is 34.2. The molecule has 1 aromatic carbocycles. The molecule has 1 saturated carbocycles. The number of imidazole rings is 1. The minimum atomic E-state index is -3.67. The van der Waals surface area contributed by atoms with E-state index in [1.807, 2.05) is 49.9 Å². The summed E-state index contributed by atoms with van der Waals surface area (Å²) in [6, 6.07) is 7.44. The van der Waals surface area contributed by atoms with Crippen LogP contribution in [0, 0.1) is 12.8 Å². The lowest BCUT2D eigenvalue weighted by molar-refractivity contribution is -0.136. The van der Waals surface area contributed by atoms with Crippen LogP contribution in [-0.4, -0.2) is 73.1 Å². The molecular weight excluding hydrogens is 476 g/mol. The minimum Gasteiger partial charge on any atom is -0.379 e. The average molecular weight is 517 g/mol. The molecule has 0 bridgehead atoms. The van der Waals surface area contributed by atoms with Crippen molar-refractivity contribution in [2.75, 3.05) is 39.4 Å². The Morgan fingerprint density at radius 1 is 1.17 bits per heavy atom. The molecule has 4 rings (SSSR count). The molecule has 2 aliphatic rings. The third-order valence-corrected chi connectivity index (χ3v) is 8.95. The Kier molecular flexibility index (Phi) is 8.85. The van der Waals surface area contributed by atoms with Gasteiger partial charge >= 0.3 is 0 Å². The molecule has 0 spiro atoms. The first-order chi connectivity index (χ1) is 17.3. The first kappa shape index (κ1) is 26.8. The van der Waals surface area contributed by atoms with Gasteiger partial charge in [-0.2, -0.15) is 0 Å². The molecule has 0 atom stereocenters. The zero-order valence-corrected chi connectivity index (χ0v) is 22.7. The zero-order valence-electron chi connectivity index (χ0n) is 21.9. The number of aryl methyl sites for hydroxylation is 1. The van der Waals surface area contributed by atoms with Gasteiger partial charge in [0.1, 0.15) is 0 Å². The minimum absolute atomic E-state index is 0.0642. The SMILES string of the molecule is Cc1ccccc1CS(=O)(=O)c1ncc(CN(CCN2CCOCC2)C(=O)C2CCCC2)n1C(C)C. The average Bonchev–Trinajstić information content (AvgIpc) is 3.54. The molecule has 9 heteroatoms. The molecule has 0 unspecified atom stereocenters. The highest BCUT2D eigenvalue weighted by Crippen LogP contribution is 2.28. The standard InChI is InChI=1S/C27H40N4O4S/c1-21(2)31-25(18-28-27(31)36(33,34)20-24-11-5-4-8-22(24)3)19-30(26(32)23-9-6-7-10-23)13-12-29-14-16-35-17-15-29/h4-5,8,11,18,21,23H,6-7,9-10,12-17,19-20H2,1-3H3. The monoisotopic (exact) mass is 516 g/mol. The van der Waals surface area contributed by atoms with E-state index in [0.29, 0.717) is 13.1 Å². The van der Waals surface area contributed by atoms with Crippen LogP contribution in [0.5, 0.6) is 0 Å². The third-order valence-electron chi connectivity index (χ3n) is 7.40. The molecule has 2 aromatic rings. The predicted molar refractivity (Wildman–Crippen MR) is 139 cm³/mol. The van der Waals surface area contributed by atoms with Gasteiger partial charge in [-0.1, -0.05) is 37.1 Å². The molecule has 198 valence electrons. The van der Waals surface area contributed by atoms with Gasteiger partial charge in [-0.15, -0.1) is 0 Å². The summed E-state index contributed by atoms with van der Waals surface area (Å²) >= 11 is 0. The zero-order chi connectivity index (χ0) is 25.7. The number of nitrogens with zero attached hydrogens (tertiary/aromatic N) is 4. The van der Waals surface area contributed by atoms with Crippen LogP contribution in [-0.2, 0) is 31.7 Å². The molecule has 1 aromatic heterocycles. The molecule has 8 nitrogen and oxygen atoms in total. The Morgan fingerprint density at radius 3 is 2.53 bits per heavy atom. The molecule has 2 fully saturated rings. The molecule has 1 aliphatic carbocycles. The first-order valence-electron chi connectivity index (χ1n) is 13.2. The fourth-order valence-corrected chi connectivity index (χ4v) is 7.00. The Morgan fingerprint density at radius 2 is 1.86 bits per heavy atom. The van der Waals surface area contributed by atoms with Crippen LogP contribution in [0.1, 0.15) is 62.4 Å². The number of carbonyl (C=O) groups excluding carboxylic acids is 1. The molecular formula is C27H40N4O4S. The molecule has 2 heterocycles. The Balaban J connectivity index is 1.58. The lowest BCUT2D eigenvalue weighted by Crippen LogP contribution is -2.44. The second-order valence-corrected chi connectivity index (χ2v) is 12.3. The summed E-state index contributed by atoms with van der Waals surface area (Å²) in [4.78, 5) is 22.2. The summed E-state index contributed by atoms with van der Waals surface area (Å²) in [5, 5.41) is 0.0807. The number of hydrogen-bond donors (Lipinski definition) is 0. The van der Waals surface area contributed by atoms with Crippen LogP contribution < -0.4 is 0 Å². The topological polar surface area (TPSA) is 84.7 Å². The lowest BCUT2D eigenvalue weighted by Gasteiger charge is -2.31. The quantitative estimate of drug-likeness (QED) is 0.480. The maximum Gasteiger partial charge on any atom is 0.228 e. The number of benzene rings is 1. The summed E-state index contributed by atoms with van der Waals surface area (Å²) in [6.07, 6.45) is 5.71. The van der Waals surface area contributed by atoms with E-state index in [0.717, 1.165) is 75.4 Å². The number of hydrogen-bond acceptors (Lipinski definition) is 6. The number of ether oxygens (including phenoxy) is 1. The predicted octanol–water partition coefficient (Wildman–Crippen LogP) is 3.60. The van der Waals surface area contributed by atoms with Crippen molar-refractivity contribution in [3.8, 4) is 0 Å². The van der Waals surface area contributed by atoms with Crippen LogP contribution >= 0.6 is 0 Å². The largest absolute Gasteiger partial charge is 0.379 e. The van der Waals surface area contributed by atoms with Gasteiger partial charge in [0, 0.05) is 38.1 Å². The summed E-state index contributed by atoms with van der Waals surface area (Å²) in [5.41, 5.74) is 2.49. The van der Waals surface area contributed by atoms with E-state index in [1.54, 1.807) is 10.8 Å². The van der Waals surface area contributed by atoms with E-state index in [4.69, 9.17) is 4.74 Å². The molecule has 0 radical (unpaired) electrons. The van der Waals surface area contributed by atoms with E-state index in [-0.39, 0.29) is 28.8 Å². The van der Waals surface area contributed by atoms with Crippen molar-refractivity contribution in [2.45, 2.75) is 70.0 Å². The molecule has 36 heavy (non-hydrogen) atoms. The Bertz CT molecular complexity index is 1130. The van der Waals surface area contributed by atoms with Crippen LogP contribution in [0.4, 0.5) is 0 Å². The maximum atomic E-state index is 13.5. The maximum absolute atomic E-state index is 13.5. The summed E-state index contributed by atoms with van der Waals surface area (Å²) in [7, 11) is -3.67. The van der Waals surface area contributed by atoms with Gasteiger partial charge in [-0.3, -0.25) is 9.69 Å². The van der Waals surface area contributed by atoms with Gasteiger partial charge in [0.25, 0.3) is 0 Å². The van der Waals surface area contributed by atoms with Gasteiger partial charge in [0.15, 0.2) is 0 Å². The second kappa shape index (κ2) is 11.9. The number of sulfone groups is 1. The van der Waals surface area contributed by atoms with Crippen molar-refractivity contribution < 1.29 is 17.9 Å². The summed E-state index contributed by atoms with van der Waals surface area (Å²) in [5.74, 6) is 0.154. The highest BCUT2D eigenvalue weighted by Gasteiger charge is 2.31. The van der Waals surface area contributed by atoms with Crippen molar-refractivity contribution in [3.05, 3.63) is 47.3 Å². The number of aromatic nitrogens is 2. The van der Waals surface area contributed by atoms with Crippen molar-refractivity contribution >= 4 is 15.7 Å². The number of rotatable bonds is 10. The second-order valence-electron chi connectivity index (χ2n) is 10.4. The van der Waals surface area contributed by atoms with Crippen LogP contribution in [0.15, 0.2) is 35.6 Å². The number of morpholine rings is 1. The highest BCUT2D eigenvalue weighted by atomic mass is 32.2. The van der Waals surface area contributed by atoms with Crippen molar-refractivity contribution in [1.82, 2.24) is 19.4 Å². The molecule has 1 saturated heterocycles. The van der Waals surface area contributed by atoms with E-state index in [9.17, 15) is 13.2 Å². The van der Waals surface area contributed by atoms with Crippen molar-refractivity contribution in [1.29, 1.82) is 0 Å². The van der Waals surface area contributed by atoms with Crippen LogP contribution in [0.2, 0.25) is 0 Å². The Labute approximate surface area is 215 Å². The fraction of sp³-hybridized carbons (Fsp3) is 0.630. The summed E-state index contributed by atoms with van der Waals surface area (Å²) in [6.45, 7) is 10.8. The van der Waals surface area contributed by atoms with Gasteiger partial charge in [-0.25, -0.2) is 13.4 Å². The molecule has 1 aliphatic heterocycles. The van der Waals surface area contributed by atoms with Gasteiger partial charge in [0.2, 0.25) is 20.9 Å². The van der Waals surface area contributed by atoms with E-state index >= 15 is 0 Å². The first-order valence-corrected chi connectivity index (χ1v) is 14.8. The van der Waals surface area contributed by atoms with E-state index in [1.165, 1.54) is 0 Å². The fourth-order valence-electron chi connectivity index (χ4n) is 5.30. The normalized spacial score (nSPS) is 17.7. The lowest BCUT2D eigenvalue weighted by atomic mass is 10.1. The molecule has 1 amide bonds. The number of carbonyl (C=O) groups is 1. The van der Waals surface area contributed by atoms with Gasteiger partial charge in [0.05, 0.1) is 37.4 Å². The number of amides is 1. The van der Waals surface area contributed by atoms with E-state index < -0.39 is 9.84 Å². The van der Waals surface area contributed by atoms with Gasteiger partial charge < -0.3 is 14.2 Å². The Hall–Kier alpha value is -2.23. The third kappa shape index (κ3) is 6.36. The highest BCUT2D eigenvalue weighted by molar-refractivity contribution is 7.90. The molecule has 0 N–H and O–H groups in total. The van der Waals surface area contributed by atoms with Crippen LogP contribution in [0.3, 0.4) is 0 Å².